The lowest BCUT2D eigenvalue weighted by Crippen LogP contribution is -2.29. The van der Waals surface area contributed by atoms with Gasteiger partial charge in [0.15, 0.2) is 0 Å². The number of alkyl halides is 3. The standard InChI is InChI=1S/C22H31N5O.C2HF3O2/c1-3-4-9-25(2)21(28)20-12-18(16-27(20)15-17-7-8-17)19-13-23-22(24-14-19)26-10-5-6-11-26;3-2(4,5)1(6)7/h12-14,16-17H,3-11,15H2,1-2H3;(H,6,7). The molecule has 2 aromatic heterocycles. The molecule has 2 aromatic rings. The molecule has 1 aliphatic carbocycles. The van der Waals surface area contributed by atoms with E-state index in [4.69, 9.17) is 9.90 Å². The predicted octanol–water partition coefficient (Wildman–Crippen LogP) is 4.46. The SMILES string of the molecule is CCCCN(C)C(=O)c1cc(-c2cnc(N3CCCC3)nc2)cn1CC1CC1.O=C(O)C(F)(F)F. The molecule has 192 valence electrons. The summed E-state index contributed by atoms with van der Waals surface area (Å²) in [5, 5.41) is 7.12. The molecule has 1 N–H and O–H groups in total. The van der Waals surface area contributed by atoms with Crippen LogP contribution < -0.4 is 4.90 Å². The number of carbonyl (C=O) groups excluding carboxylic acids is 1. The first-order chi connectivity index (χ1) is 16.6. The van der Waals surface area contributed by atoms with Crippen molar-refractivity contribution in [3.63, 3.8) is 0 Å². The highest BCUT2D eigenvalue weighted by Gasteiger charge is 2.38. The molecule has 8 nitrogen and oxygen atoms in total. The van der Waals surface area contributed by atoms with Crippen molar-refractivity contribution in [2.24, 2.45) is 5.92 Å². The number of aliphatic carboxylic acids is 1. The summed E-state index contributed by atoms with van der Waals surface area (Å²) in [5.74, 6) is -1.13. The molecule has 0 spiro atoms. The molecule has 1 amide bonds. The number of rotatable bonds is 8. The van der Waals surface area contributed by atoms with E-state index in [1.807, 2.05) is 30.4 Å². The summed E-state index contributed by atoms with van der Waals surface area (Å²) in [5.41, 5.74) is 2.78. The quantitative estimate of drug-likeness (QED) is 0.582. The van der Waals surface area contributed by atoms with Crippen molar-refractivity contribution in [1.82, 2.24) is 19.4 Å². The van der Waals surface area contributed by atoms with Gasteiger partial charge in [-0.25, -0.2) is 14.8 Å². The Morgan fingerprint density at radius 2 is 1.74 bits per heavy atom. The van der Waals surface area contributed by atoms with Crippen molar-refractivity contribution in [1.29, 1.82) is 0 Å². The first-order valence-corrected chi connectivity index (χ1v) is 11.9. The number of carboxylic acids is 1. The Labute approximate surface area is 202 Å². The number of carbonyl (C=O) groups is 2. The van der Waals surface area contributed by atoms with Crippen molar-refractivity contribution < 1.29 is 27.9 Å². The zero-order chi connectivity index (χ0) is 25.6. The summed E-state index contributed by atoms with van der Waals surface area (Å²) in [4.78, 5) is 35.2. The van der Waals surface area contributed by atoms with Gasteiger partial charge in [-0.3, -0.25) is 4.79 Å². The Morgan fingerprint density at radius 1 is 1.14 bits per heavy atom. The van der Waals surface area contributed by atoms with E-state index in [0.717, 1.165) is 61.8 Å². The summed E-state index contributed by atoms with van der Waals surface area (Å²) >= 11 is 0. The second-order valence-electron chi connectivity index (χ2n) is 9.06. The van der Waals surface area contributed by atoms with Crippen molar-refractivity contribution in [3.8, 4) is 11.1 Å². The molecule has 3 heterocycles. The topological polar surface area (TPSA) is 91.6 Å². The van der Waals surface area contributed by atoms with Gasteiger partial charge in [-0.1, -0.05) is 13.3 Å². The largest absolute Gasteiger partial charge is 0.490 e. The summed E-state index contributed by atoms with van der Waals surface area (Å²) in [6.45, 7) is 5.96. The van der Waals surface area contributed by atoms with Crippen LogP contribution in [-0.4, -0.2) is 69.3 Å². The lowest BCUT2D eigenvalue weighted by atomic mass is 10.2. The Bertz CT molecular complexity index is 997. The Balaban J connectivity index is 0.000000429. The van der Waals surface area contributed by atoms with Crippen LogP contribution in [0.2, 0.25) is 0 Å². The van der Waals surface area contributed by atoms with E-state index < -0.39 is 12.1 Å². The van der Waals surface area contributed by atoms with E-state index in [9.17, 15) is 18.0 Å². The van der Waals surface area contributed by atoms with Crippen molar-refractivity contribution >= 4 is 17.8 Å². The van der Waals surface area contributed by atoms with Gasteiger partial charge in [0.05, 0.1) is 0 Å². The second-order valence-corrected chi connectivity index (χ2v) is 9.06. The molecule has 1 aliphatic heterocycles. The van der Waals surface area contributed by atoms with Gasteiger partial charge in [-0.15, -0.1) is 0 Å². The molecule has 11 heteroatoms. The number of anilines is 1. The lowest BCUT2D eigenvalue weighted by Gasteiger charge is -2.18. The molecular formula is C24H32F3N5O3. The van der Waals surface area contributed by atoms with E-state index in [1.165, 1.54) is 25.7 Å². The maximum Gasteiger partial charge on any atom is 0.490 e. The normalized spacial score (nSPS) is 15.5. The summed E-state index contributed by atoms with van der Waals surface area (Å²) in [6, 6.07) is 2.02. The van der Waals surface area contributed by atoms with Gasteiger partial charge in [0.2, 0.25) is 5.95 Å². The number of hydrogen-bond acceptors (Lipinski definition) is 5. The molecular weight excluding hydrogens is 463 g/mol. The minimum Gasteiger partial charge on any atom is -0.475 e. The average molecular weight is 496 g/mol. The van der Waals surface area contributed by atoms with Crippen LogP contribution >= 0.6 is 0 Å². The third-order valence-electron chi connectivity index (χ3n) is 6.06. The maximum atomic E-state index is 13.0. The molecule has 0 unspecified atom stereocenters. The van der Waals surface area contributed by atoms with Crippen LogP contribution in [0.4, 0.5) is 19.1 Å². The highest BCUT2D eigenvalue weighted by atomic mass is 19.4. The van der Waals surface area contributed by atoms with Crippen LogP contribution in [-0.2, 0) is 11.3 Å². The number of halogens is 3. The van der Waals surface area contributed by atoms with E-state index in [1.54, 1.807) is 0 Å². The van der Waals surface area contributed by atoms with E-state index in [2.05, 4.69) is 32.6 Å². The van der Waals surface area contributed by atoms with Crippen molar-refractivity contribution in [2.75, 3.05) is 31.6 Å². The molecule has 0 atom stereocenters. The van der Waals surface area contributed by atoms with Crippen LogP contribution in [0.5, 0.6) is 0 Å². The van der Waals surface area contributed by atoms with Crippen LogP contribution in [0, 0.1) is 5.92 Å². The Hall–Kier alpha value is -3.11. The number of hydrogen-bond donors (Lipinski definition) is 1. The first-order valence-electron chi connectivity index (χ1n) is 11.9. The smallest absolute Gasteiger partial charge is 0.475 e. The molecule has 0 aromatic carbocycles. The third kappa shape index (κ3) is 7.43. The lowest BCUT2D eigenvalue weighted by molar-refractivity contribution is -0.192. The maximum absolute atomic E-state index is 13.0. The molecule has 35 heavy (non-hydrogen) atoms. The first kappa shape index (κ1) is 26.5. The molecule has 0 bridgehead atoms. The predicted molar refractivity (Wildman–Crippen MR) is 125 cm³/mol. The highest BCUT2D eigenvalue weighted by Crippen LogP contribution is 2.33. The molecule has 4 rings (SSSR count). The molecule has 1 saturated heterocycles. The van der Waals surface area contributed by atoms with Gasteiger partial charge in [0.1, 0.15) is 5.69 Å². The average Bonchev–Trinajstić information content (AvgIpc) is 3.30. The zero-order valence-electron chi connectivity index (χ0n) is 20.1. The fourth-order valence-electron chi connectivity index (χ4n) is 3.82. The van der Waals surface area contributed by atoms with Gasteiger partial charge >= 0.3 is 12.1 Å². The number of amides is 1. The zero-order valence-corrected chi connectivity index (χ0v) is 20.1. The van der Waals surface area contributed by atoms with E-state index >= 15 is 0 Å². The number of unbranched alkanes of at least 4 members (excludes halogenated alkanes) is 1. The summed E-state index contributed by atoms with van der Waals surface area (Å²) < 4.78 is 33.9. The van der Waals surface area contributed by atoms with Gasteiger partial charge < -0.3 is 19.5 Å². The highest BCUT2D eigenvalue weighted by molar-refractivity contribution is 5.94. The van der Waals surface area contributed by atoms with Crippen LogP contribution in [0.25, 0.3) is 11.1 Å². The fourth-order valence-corrected chi connectivity index (χ4v) is 3.82. The Kier molecular flexibility index (Phi) is 8.74. The fraction of sp³-hybridized carbons (Fsp3) is 0.583. The van der Waals surface area contributed by atoms with Gasteiger partial charge in [0.25, 0.3) is 5.91 Å². The summed E-state index contributed by atoms with van der Waals surface area (Å²) in [7, 11) is 1.90. The molecule has 0 radical (unpaired) electrons. The third-order valence-corrected chi connectivity index (χ3v) is 6.06. The van der Waals surface area contributed by atoms with Crippen LogP contribution in [0.1, 0.15) is 55.9 Å². The number of aromatic nitrogens is 3. The van der Waals surface area contributed by atoms with E-state index in [-0.39, 0.29) is 5.91 Å². The van der Waals surface area contributed by atoms with Crippen LogP contribution in [0.3, 0.4) is 0 Å². The summed E-state index contributed by atoms with van der Waals surface area (Å²) in [6.07, 6.45) is 7.89. The number of carboxylic acid groups (broad SMARTS) is 1. The van der Waals surface area contributed by atoms with Gasteiger partial charge in [0, 0.05) is 62.9 Å². The van der Waals surface area contributed by atoms with Gasteiger partial charge in [-0.2, -0.15) is 13.2 Å². The van der Waals surface area contributed by atoms with E-state index in [0.29, 0.717) is 5.92 Å². The Morgan fingerprint density at radius 3 is 2.26 bits per heavy atom. The molecule has 1 saturated carbocycles. The monoisotopic (exact) mass is 495 g/mol. The minimum atomic E-state index is -5.08. The van der Waals surface area contributed by atoms with Crippen molar-refractivity contribution in [2.45, 2.75) is 58.2 Å². The molecule has 2 aliphatic rings. The number of nitrogens with zero attached hydrogens (tertiary/aromatic N) is 5. The van der Waals surface area contributed by atoms with Crippen LogP contribution in [0.15, 0.2) is 24.7 Å². The molecule has 2 fully saturated rings. The second kappa shape index (κ2) is 11.5. The van der Waals surface area contributed by atoms with Gasteiger partial charge in [-0.05, 0) is 44.1 Å². The van der Waals surface area contributed by atoms with Crippen molar-refractivity contribution in [3.05, 3.63) is 30.4 Å². The minimum absolute atomic E-state index is 0.106.